The number of ether oxygens (including phenoxy) is 1. The van der Waals surface area contributed by atoms with Gasteiger partial charge in [0.15, 0.2) is 0 Å². The Morgan fingerprint density at radius 1 is 1.00 bits per heavy atom. The molecule has 3 heteroatoms. The van der Waals surface area contributed by atoms with Gasteiger partial charge in [-0.3, -0.25) is 0 Å². The summed E-state index contributed by atoms with van der Waals surface area (Å²) in [5.41, 5.74) is 10.4. The van der Waals surface area contributed by atoms with Crippen molar-refractivity contribution in [1.29, 1.82) is 0 Å². The minimum atomic E-state index is 0. The molecule has 96 valence electrons. The van der Waals surface area contributed by atoms with E-state index >= 15 is 0 Å². The fraction of sp³-hybridized carbons (Fsp3) is 0.200. The van der Waals surface area contributed by atoms with Crippen LogP contribution in [0.1, 0.15) is 11.1 Å². The molecule has 2 aromatic rings. The molecule has 0 aliphatic rings. The Morgan fingerprint density at radius 3 is 2.33 bits per heavy atom. The summed E-state index contributed by atoms with van der Waals surface area (Å²) in [5.74, 6) is 0.893. The number of hydrogen-bond acceptors (Lipinski definition) is 2. The zero-order valence-corrected chi connectivity index (χ0v) is 11.5. The van der Waals surface area contributed by atoms with E-state index in [1.54, 1.807) is 7.11 Å². The van der Waals surface area contributed by atoms with E-state index in [0.29, 0.717) is 6.54 Å². The van der Waals surface area contributed by atoms with Crippen molar-refractivity contribution in [3.63, 3.8) is 0 Å². The lowest BCUT2D eigenvalue weighted by Crippen LogP contribution is -2.00. The van der Waals surface area contributed by atoms with Crippen LogP contribution in [0.4, 0.5) is 0 Å². The number of benzene rings is 2. The molecular weight excluding hydrogens is 246 g/mol. The second kappa shape index (κ2) is 6.43. The summed E-state index contributed by atoms with van der Waals surface area (Å²) in [6.07, 6.45) is 0. The topological polar surface area (TPSA) is 35.2 Å². The molecule has 2 aromatic carbocycles. The molecule has 2 rings (SSSR count). The Bertz CT molecular complexity index is 526. The summed E-state index contributed by atoms with van der Waals surface area (Å²) >= 11 is 0. The van der Waals surface area contributed by atoms with Crippen LogP contribution in [0.2, 0.25) is 0 Å². The van der Waals surface area contributed by atoms with Crippen molar-refractivity contribution in [3.05, 3.63) is 53.6 Å². The van der Waals surface area contributed by atoms with Crippen molar-refractivity contribution < 1.29 is 4.74 Å². The second-order valence-corrected chi connectivity index (χ2v) is 3.99. The third-order valence-electron chi connectivity index (χ3n) is 3.06. The SMILES string of the molecule is COc1ccccc1-c1cccc(CN)c1C.Cl. The molecule has 18 heavy (non-hydrogen) atoms. The van der Waals surface area contributed by atoms with Crippen LogP contribution in [-0.2, 0) is 6.54 Å². The summed E-state index contributed by atoms with van der Waals surface area (Å²) < 4.78 is 5.40. The zero-order chi connectivity index (χ0) is 12.3. The molecule has 0 radical (unpaired) electrons. The van der Waals surface area contributed by atoms with Gasteiger partial charge < -0.3 is 10.5 Å². The Labute approximate surface area is 114 Å². The minimum Gasteiger partial charge on any atom is -0.496 e. The van der Waals surface area contributed by atoms with Gasteiger partial charge in [-0.15, -0.1) is 12.4 Å². The van der Waals surface area contributed by atoms with E-state index in [9.17, 15) is 0 Å². The second-order valence-electron chi connectivity index (χ2n) is 3.99. The highest BCUT2D eigenvalue weighted by molar-refractivity contribution is 5.85. The Kier molecular flexibility index (Phi) is 5.20. The number of halogens is 1. The molecule has 0 aliphatic heterocycles. The normalized spacial score (nSPS) is 9.72. The predicted octanol–water partition coefficient (Wildman–Crippen LogP) is 3.55. The maximum absolute atomic E-state index is 5.74. The molecule has 0 amide bonds. The lowest BCUT2D eigenvalue weighted by Gasteiger charge is -2.13. The van der Waals surface area contributed by atoms with Crippen LogP contribution in [0, 0.1) is 6.92 Å². The van der Waals surface area contributed by atoms with Gasteiger partial charge in [-0.05, 0) is 29.7 Å². The van der Waals surface area contributed by atoms with E-state index in [-0.39, 0.29) is 12.4 Å². The number of para-hydroxylation sites is 1. The molecule has 0 saturated heterocycles. The average molecular weight is 264 g/mol. The molecular formula is C15H18ClNO. The van der Waals surface area contributed by atoms with Crippen molar-refractivity contribution in [3.8, 4) is 16.9 Å². The molecule has 0 heterocycles. The van der Waals surface area contributed by atoms with Crippen molar-refractivity contribution in [1.82, 2.24) is 0 Å². The molecule has 0 atom stereocenters. The maximum atomic E-state index is 5.74. The van der Waals surface area contributed by atoms with E-state index in [2.05, 4.69) is 25.1 Å². The average Bonchev–Trinajstić information content (AvgIpc) is 2.39. The first-order chi connectivity index (χ1) is 8.27. The molecule has 0 unspecified atom stereocenters. The molecule has 0 aromatic heterocycles. The lowest BCUT2D eigenvalue weighted by molar-refractivity contribution is 0.416. The summed E-state index contributed by atoms with van der Waals surface area (Å²) in [4.78, 5) is 0. The van der Waals surface area contributed by atoms with E-state index < -0.39 is 0 Å². The van der Waals surface area contributed by atoms with Crippen LogP contribution in [0.25, 0.3) is 11.1 Å². The highest BCUT2D eigenvalue weighted by atomic mass is 35.5. The maximum Gasteiger partial charge on any atom is 0.126 e. The smallest absolute Gasteiger partial charge is 0.126 e. The van der Waals surface area contributed by atoms with Crippen molar-refractivity contribution in [2.75, 3.05) is 7.11 Å². The van der Waals surface area contributed by atoms with Gasteiger partial charge in [0, 0.05) is 12.1 Å². The first-order valence-corrected chi connectivity index (χ1v) is 5.70. The Balaban J connectivity index is 0.00000162. The van der Waals surface area contributed by atoms with Gasteiger partial charge in [0.1, 0.15) is 5.75 Å². The monoisotopic (exact) mass is 263 g/mol. The van der Waals surface area contributed by atoms with E-state index in [1.807, 2.05) is 24.3 Å². The van der Waals surface area contributed by atoms with Gasteiger partial charge in [0.2, 0.25) is 0 Å². The predicted molar refractivity (Wildman–Crippen MR) is 78.3 cm³/mol. The van der Waals surface area contributed by atoms with Crippen LogP contribution < -0.4 is 10.5 Å². The number of nitrogens with two attached hydrogens (primary N) is 1. The minimum absolute atomic E-state index is 0. The van der Waals surface area contributed by atoms with Crippen LogP contribution in [-0.4, -0.2) is 7.11 Å². The van der Waals surface area contributed by atoms with Crippen molar-refractivity contribution in [2.24, 2.45) is 5.73 Å². The van der Waals surface area contributed by atoms with Crippen LogP contribution in [0.3, 0.4) is 0 Å². The van der Waals surface area contributed by atoms with Gasteiger partial charge in [0.25, 0.3) is 0 Å². The van der Waals surface area contributed by atoms with E-state index in [4.69, 9.17) is 10.5 Å². The lowest BCUT2D eigenvalue weighted by atomic mass is 9.96. The summed E-state index contributed by atoms with van der Waals surface area (Å²) in [6, 6.07) is 14.2. The van der Waals surface area contributed by atoms with E-state index in [1.165, 1.54) is 16.7 Å². The van der Waals surface area contributed by atoms with Gasteiger partial charge in [-0.25, -0.2) is 0 Å². The van der Waals surface area contributed by atoms with Crippen LogP contribution in [0.5, 0.6) is 5.75 Å². The third-order valence-corrected chi connectivity index (χ3v) is 3.06. The van der Waals surface area contributed by atoms with Gasteiger partial charge >= 0.3 is 0 Å². The first kappa shape index (κ1) is 14.6. The highest BCUT2D eigenvalue weighted by Crippen LogP contribution is 2.32. The van der Waals surface area contributed by atoms with E-state index in [0.717, 1.165) is 11.3 Å². The summed E-state index contributed by atoms with van der Waals surface area (Å²) in [7, 11) is 1.70. The Hall–Kier alpha value is -1.51. The van der Waals surface area contributed by atoms with Crippen molar-refractivity contribution in [2.45, 2.75) is 13.5 Å². The molecule has 2 N–H and O–H groups in total. The quantitative estimate of drug-likeness (QED) is 0.919. The number of methoxy groups -OCH3 is 1. The number of rotatable bonds is 3. The summed E-state index contributed by atoms with van der Waals surface area (Å²) in [5, 5.41) is 0. The third kappa shape index (κ3) is 2.66. The largest absolute Gasteiger partial charge is 0.496 e. The fourth-order valence-corrected chi connectivity index (χ4v) is 2.06. The van der Waals surface area contributed by atoms with Crippen LogP contribution >= 0.6 is 12.4 Å². The molecule has 0 fully saturated rings. The van der Waals surface area contributed by atoms with Gasteiger partial charge in [0.05, 0.1) is 7.11 Å². The van der Waals surface area contributed by atoms with Gasteiger partial charge in [-0.2, -0.15) is 0 Å². The van der Waals surface area contributed by atoms with Gasteiger partial charge in [-0.1, -0.05) is 36.4 Å². The summed E-state index contributed by atoms with van der Waals surface area (Å²) in [6.45, 7) is 2.67. The standard InChI is InChI=1S/C15H17NO.ClH/c1-11-12(10-16)6-5-8-13(11)14-7-3-4-9-15(14)17-2;/h3-9H,10,16H2,1-2H3;1H. The fourth-order valence-electron chi connectivity index (χ4n) is 2.06. The molecule has 0 saturated carbocycles. The zero-order valence-electron chi connectivity index (χ0n) is 10.6. The molecule has 0 aliphatic carbocycles. The first-order valence-electron chi connectivity index (χ1n) is 5.70. The van der Waals surface area contributed by atoms with Crippen LogP contribution in [0.15, 0.2) is 42.5 Å². The number of hydrogen-bond donors (Lipinski definition) is 1. The molecule has 2 nitrogen and oxygen atoms in total. The van der Waals surface area contributed by atoms with Crippen molar-refractivity contribution >= 4 is 12.4 Å². The Morgan fingerprint density at radius 2 is 1.67 bits per heavy atom. The molecule has 0 spiro atoms. The highest BCUT2D eigenvalue weighted by Gasteiger charge is 2.09. The molecule has 0 bridgehead atoms.